The van der Waals surface area contributed by atoms with Gasteiger partial charge in [-0.05, 0) is 35.9 Å². The van der Waals surface area contributed by atoms with Crippen molar-refractivity contribution in [2.24, 2.45) is 0 Å². The van der Waals surface area contributed by atoms with E-state index < -0.39 is 29.3 Å². The molecule has 0 bridgehead atoms. The zero-order valence-electron chi connectivity index (χ0n) is 17.0. The maximum atomic E-state index is 13.8. The van der Waals surface area contributed by atoms with Gasteiger partial charge in [-0.1, -0.05) is 35.9 Å². The van der Waals surface area contributed by atoms with Crippen molar-refractivity contribution in [3.63, 3.8) is 0 Å². The van der Waals surface area contributed by atoms with Gasteiger partial charge in [0.25, 0.3) is 5.91 Å². The van der Waals surface area contributed by atoms with Crippen LogP contribution in [0, 0.1) is 5.82 Å². The second kappa shape index (κ2) is 8.70. The van der Waals surface area contributed by atoms with Crippen LogP contribution in [-0.4, -0.2) is 27.6 Å². The Labute approximate surface area is 189 Å². The molecule has 170 valence electrons. The van der Waals surface area contributed by atoms with Gasteiger partial charge in [0, 0.05) is 12.1 Å². The molecule has 11 heteroatoms. The molecule has 0 saturated carbocycles. The normalized spacial score (nSPS) is 11.6. The first-order valence-corrected chi connectivity index (χ1v) is 9.88. The highest BCUT2D eigenvalue weighted by Crippen LogP contribution is 2.35. The standard InChI is InChI=1S/C22H15ClF4N4O2/c1-33-15-4-2-3-13(9-15)16-10-17(22(25,26)27)31-20(29-16)18(23)19(30-31)21(32)28-11-12-5-7-14(24)8-6-12/h2-10H,11H2,1H3,(H,28,32). The molecule has 4 aromatic rings. The van der Waals surface area contributed by atoms with Crippen LogP contribution >= 0.6 is 11.6 Å². The number of methoxy groups -OCH3 is 1. The van der Waals surface area contributed by atoms with E-state index in [-0.39, 0.29) is 22.9 Å². The molecule has 0 radical (unpaired) electrons. The van der Waals surface area contributed by atoms with Crippen molar-refractivity contribution < 1.29 is 27.1 Å². The maximum absolute atomic E-state index is 13.8. The van der Waals surface area contributed by atoms with Gasteiger partial charge in [0.2, 0.25) is 0 Å². The average molecular weight is 479 g/mol. The number of hydrogen-bond acceptors (Lipinski definition) is 4. The fourth-order valence-electron chi connectivity index (χ4n) is 3.14. The first-order valence-electron chi connectivity index (χ1n) is 9.51. The van der Waals surface area contributed by atoms with Crippen molar-refractivity contribution in [2.75, 3.05) is 7.11 Å². The number of nitrogens with zero attached hydrogens (tertiary/aromatic N) is 3. The Hall–Kier alpha value is -3.66. The Bertz CT molecular complexity index is 1340. The van der Waals surface area contributed by atoms with Gasteiger partial charge in [-0.2, -0.15) is 18.3 Å². The summed E-state index contributed by atoms with van der Waals surface area (Å²) in [5.41, 5.74) is -0.963. The molecule has 0 aliphatic heterocycles. The van der Waals surface area contributed by atoms with Gasteiger partial charge < -0.3 is 10.1 Å². The van der Waals surface area contributed by atoms with E-state index >= 15 is 0 Å². The average Bonchev–Trinajstić information content (AvgIpc) is 3.13. The summed E-state index contributed by atoms with van der Waals surface area (Å²) in [6.07, 6.45) is -4.80. The number of amides is 1. The summed E-state index contributed by atoms with van der Waals surface area (Å²) in [7, 11) is 1.43. The van der Waals surface area contributed by atoms with Gasteiger partial charge in [0.1, 0.15) is 16.6 Å². The number of alkyl halides is 3. The number of carbonyl (C=O) groups is 1. The predicted octanol–water partition coefficient (Wildman–Crippen LogP) is 5.15. The van der Waals surface area contributed by atoms with Crippen LogP contribution < -0.4 is 10.1 Å². The van der Waals surface area contributed by atoms with Gasteiger partial charge in [0.15, 0.2) is 17.0 Å². The van der Waals surface area contributed by atoms with E-state index in [0.717, 1.165) is 6.07 Å². The number of ether oxygens (including phenoxy) is 1. The third-order valence-electron chi connectivity index (χ3n) is 4.77. The molecule has 1 N–H and O–H groups in total. The van der Waals surface area contributed by atoms with Crippen molar-refractivity contribution in [3.8, 4) is 17.0 Å². The van der Waals surface area contributed by atoms with E-state index in [1.54, 1.807) is 18.2 Å². The van der Waals surface area contributed by atoms with Crippen LogP contribution in [0.25, 0.3) is 16.9 Å². The van der Waals surface area contributed by atoms with E-state index in [4.69, 9.17) is 16.3 Å². The van der Waals surface area contributed by atoms with Crippen LogP contribution in [0.2, 0.25) is 5.02 Å². The van der Waals surface area contributed by atoms with Gasteiger partial charge in [-0.25, -0.2) is 13.9 Å². The summed E-state index contributed by atoms with van der Waals surface area (Å²) >= 11 is 6.25. The lowest BCUT2D eigenvalue weighted by atomic mass is 10.1. The van der Waals surface area contributed by atoms with Gasteiger partial charge in [-0.15, -0.1) is 0 Å². The van der Waals surface area contributed by atoms with E-state index in [9.17, 15) is 22.4 Å². The molecule has 0 aliphatic carbocycles. The maximum Gasteiger partial charge on any atom is 0.433 e. The quantitative estimate of drug-likeness (QED) is 0.403. The fraction of sp³-hybridized carbons (Fsp3) is 0.136. The molecule has 6 nitrogen and oxygen atoms in total. The van der Waals surface area contributed by atoms with Crippen LogP contribution in [0.1, 0.15) is 21.7 Å². The van der Waals surface area contributed by atoms with E-state index in [1.807, 2.05) is 0 Å². The summed E-state index contributed by atoms with van der Waals surface area (Å²) < 4.78 is 60.1. The Morgan fingerprint density at radius 1 is 1.15 bits per heavy atom. The van der Waals surface area contributed by atoms with Crippen molar-refractivity contribution >= 4 is 23.2 Å². The number of hydrogen-bond donors (Lipinski definition) is 1. The molecular formula is C22H15ClF4N4O2. The number of rotatable bonds is 5. The Kier molecular flexibility index (Phi) is 5.94. The van der Waals surface area contributed by atoms with Crippen LogP contribution in [0.4, 0.5) is 17.6 Å². The van der Waals surface area contributed by atoms with Gasteiger partial charge in [0.05, 0.1) is 12.8 Å². The second-order valence-electron chi connectivity index (χ2n) is 6.96. The zero-order valence-corrected chi connectivity index (χ0v) is 17.7. The highest BCUT2D eigenvalue weighted by molar-refractivity contribution is 6.36. The minimum atomic E-state index is -4.80. The Morgan fingerprint density at radius 3 is 2.55 bits per heavy atom. The Morgan fingerprint density at radius 2 is 1.88 bits per heavy atom. The molecule has 2 aromatic carbocycles. The highest BCUT2D eigenvalue weighted by Gasteiger charge is 2.36. The molecule has 0 atom stereocenters. The summed E-state index contributed by atoms with van der Waals surface area (Å²) in [5.74, 6) is -0.805. The third-order valence-corrected chi connectivity index (χ3v) is 5.12. The largest absolute Gasteiger partial charge is 0.497 e. The third kappa shape index (κ3) is 4.61. The number of benzene rings is 2. The summed E-state index contributed by atoms with van der Waals surface area (Å²) in [6, 6.07) is 12.5. The molecule has 0 fully saturated rings. The molecule has 0 saturated heterocycles. The summed E-state index contributed by atoms with van der Waals surface area (Å²) in [6.45, 7) is -0.00205. The first-order chi connectivity index (χ1) is 15.7. The van der Waals surface area contributed by atoms with Crippen LogP contribution in [0.15, 0.2) is 54.6 Å². The molecule has 4 rings (SSSR count). The lowest BCUT2D eigenvalue weighted by molar-refractivity contribution is -0.142. The molecular weight excluding hydrogens is 464 g/mol. The number of fused-ring (bicyclic) bond motifs is 1. The molecule has 0 unspecified atom stereocenters. The van der Waals surface area contributed by atoms with Crippen molar-refractivity contribution in [3.05, 3.63) is 82.4 Å². The number of nitrogens with one attached hydrogen (secondary N) is 1. The molecule has 33 heavy (non-hydrogen) atoms. The van der Waals surface area contributed by atoms with Crippen LogP contribution in [0.5, 0.6) is 5.75 Å². The van der Waals surface area contributed by atoms with Gasteiger partial charge >= 0.3 is 6.18 Å². The van der Waals surface area contributed by atoms with Gasteiger partial charge in [-0.3, -0.25) is 4.79 Å². The number of carbonyl (C=O) groups excluding carboxylic acids is 1. The Balaban J connectivity index is 1.75. The summed E-state index contributed by atoms with van der Waals surface area (Å²) in [4.78, 5) is 16.8. The lowest BCUT2D eigenvalue weighted by Gasteiger charge is -2.11. The van der Waals surface area contributed by atoms with E-state index in [2.05, 4.69) is 15.4 Å². The monoisotopic (exact) mass is 478 g/mol. The number of aromatic nitrogens is 3. The SMILES string of the molecule is COc1cccc(-c2cc(C(F)(F)F)n3nc(C(=O)NCc4ccc(F)cc4)c(Cl)c3n2)c1. The predicted molar refractivity (Wildman–Crippen MR) is 113 cm³/mol. The van der Waals surface area contributed by atoms with Crippen molar-refractivity contribution in [2.45, 2.75) is 12.7 Å². The molecule has 2 aromatic heterocycles. The smallest absolute Gasteiger partial charge is 0.433 e. The van der Waals surface area contributed by atoms with E-state index in [0.29, 0.717) is 21.4 Å². The zero-order chi connectivity index (χ0) is 23.8. The van der Waals surface area contributed by atoms with E-state index in [1.165, 1.54) is 37.4 Å². The van der Waals surface area contributed by atoms with Crippen molar-refractivity contribution in [1.82, 2.24) is 19.9 Å². The lowest BCUT2D eigenvalue weighted by Crippen LogP contribution is -2.23. The fourth-order valence-corrected chi connectivity index (χ4v) is 3.38. The number of halogens is 5. The second-order valence-corrected chi connectivity index (χ2v) is 7.34. The molecule has 0 aliphatic rings. The van der Waals surface area contributed by atoms with Crippen LogP contribution in [0.3, 0.4) is 0 Å². The minimum absolute atomic E-state index is 0.00205. The molecule has 1 amide bonds. The summed E-state index contributed by atoms with van der Waals surface area (Å²) in [5, 5.41) is 5.96. The minimum Gasteiger partial charge on any atom is -0.497 e. The van der Waals surface area contributed by atoms with Crippen LogP contribution in [-0.2, 0) is 12.7 Å². The van der Waals surface area contributed by atoms with Crippen molar-refractivity contribution in [1.29, 1.82) is 0 Å². The topological polar surface area (TPSA) is 68.5 Å². The highest BCUT2D eigenvalue weighted by atomic mass is 35.5. The molecule has 2 heterocycles. The molecule has 0 spiro atoms. The first kappa shape index (κ1) is 22.5.